The van der Waals surface area contributed by atoms with E-state index in [0.717, 1.165) is 26.2 Å². The van der Waals surface area contributed by atoms with Crippen molar-refractivity contribution in [1.29, 1.82) is 0 Å². The molecule has 0 unspecified atom stereocenters. The third-order valence-corrected chi connectivity index (χ3v) is 16.7. The van der Waals surface area contributed by atoms with E-state index in [9.17, 15) is 0 Å². The van der Waals surface area contributed by atoms with E-state index in [1.54, 1.807) is 0 Å². The Bertz CT molecular complexity index is 873. The summed E-state index contributed by atoms with van der Waals surface area (Å²) in [6.07, 6.45) is 79.1. The van der Waals surface area contributed by atoms with Gasteiger partial charge in [-0.05, 0) is 25.7 Å². The molecule has 0 aliphatic heterocycles. The first-order valence-corrected chi connectivity index (χ1v) is 35.0. The smallest absolute Gasteiger partial charge is 0.411 e. The van der Waals surface area contributed by atoms with Gasteiger partial charge in [0.2, 0.25) is 0 Å². The van der Waals surface area contributed by atoms with Crippen LogP contribution in [0.4, 0.5) is 0 Å². The molecule has 0 aromatic carbocycles. The van der Waals surface area contributed by atoms with Crippen LogP contribution in [-0.2, 0) is 42.3 Å². The van der Waals surface area contributed by atoms with E-state index in [1.165, 1.54) is 360 Å². The number of unbranched alkanes of at least 4 members (excludes halogenated alkanes) is 52. The SMILES string of the molecule is CCCCCCCCCCCCCCCCN(CCCCCCCCCCCCCCCC)C(=S)[S-].CCCCCCCCCCCCCCCCN(CCCCCCCCCCCCCCCC)C(=S)[S-].[Cu+2]. The maximum Gasteiger partial charge on any atom is 2.00 e. The second-order valence-electron chi connectivity index (χ2n) is 22.9. The van der Waals surface area contributed by atoms with Crippen molar-refractivity contribution in [2.24, 2.45) is 0 Å². The van der Waals surface area contributed by atoms with Crippen LogP contribution in [0, 0.1) is 0 Å². The largest absolute Gasteiger partial charge is 2.00 e. The molecule has 0 aromatic heterocycles. The van der Waals surface area contributed by atoms with Gasteiger partial charge in [-0.25, -0.2) is 0 Å². The first-order valence-electron chi connectivity index (χ1n) is 33.4. The molecule has 0 saturated heterocycles. The summed E-state index contributed by atoms with van der Waals surface area (Å²) in [5.41, 5.74) is 0. The first-order chi connectivity index (χ1) is 35.4. The third kappa shape index (κ3) is 68.8. The molecule has 73 heavy (non-hydrogen) atoms. The van der Waals surface area contributed by atoms with Crippen molar-refractivity contribution in [3.8, 4) is 0 Å². The molecule has 0 aliphatic rings. The third-order valence-electron chi connectivity index (χ3n) is 15.6. The molecule has 0 saturated carbocycles. The number of hydrogen-bond acceptors (Lipinski definition) is 4. The number of hydrogen-bond donors (Lipinski definition) is 0. The van der Waals surface area contributed by atoms with Crippen molar-refractivity contribution >= 4 is 58.3 Å². The van der Waals surface area contributed by atoms with E-state index in [4.69, 9.17) is 49.7 Å². The molecule has 2 nitrogen and oxygen atoms in total. The van der Waals surface area contributed by atoms with Crippen molar-refractivity contribution in [2.45, 2.75) is 387 Å². The van der Waals surface area contributed by atoms with Gasteiger partial charge in [0.1, 0.15) is 0 Å². The molecule has 0 N–H and O–H groups in total. The van der Waals surface area contributed by atoms with Gasteiger partial charge in [-0.3, -0.25) is 0 Å². The van der Waals surface area contributed by atoms with Crippen molar-refractivity contribution in [3.63, 3.8) is 0 Å². The van der Waals surface area contributed by atoms with Crippen LogP contribution in [0.5, 0.6) is 0 Å². The van der Waals surface area contributed by atoms with Gasteiger partial charge in [-0.2, -0.15) is 0 Å². The molecule has 0 aliphatic carbocycles. The molecule has 0 bridgehead atoms. The first kappa shape index (κ1) is 78.0. The molecular formula is C66H132CuN2S4. The summed E-state index contributed by atoms with van der Waals surface area (Å²) >= 11 is 21.4. The summed E-state index contributed by atoms with van der Waals surface area (Å²) in [6, 6.07) is 0. The Labute approximate surface area is 495 Å². The second kappa shape index (κ2) is 70.8. The zero-order valence-corrected chi connectivity index (χ0v) is 54.5. The summed E-state index contributed by atoms with van der Waals surface area (Å²) in [7, 11) is 0. The predicted octanol–water partition coefficient (Wildman–Crippen LogP) is 24.2. The van der Waals surface area contributed by atoms with Crippen LogP contribution in [0.1, 0.15) is 387 Å². The molecule has 0 atom stereocenters. The Morgan fingerprint density at radius 1 is 0.205 bits per heavy atom. The van der Waals surface area contributed by atoms with Crippen LogP contribution < -0.4 is 0 Å². The summed E-state index contributed by atoms with van der Waals surface area (Å²) < 4.78 is 1.39. The fourth-order valence-corrected chi connectivity index (χ4v) is 11.3. The van der Waals surface area contributed by atoms with Crippen LogP contribution in [0.2, 0.25) is 0 Å². The maximum atomic E-state index is 5.36. The Hall–Kier alpha value is 0.739. The van der Waals surface area contributed by atoms with Crippen LogP contribution in [0.15, 0.2) is 0 Å². The van der Waals surface area contributed by atoms with E-state index >= 15 is 0 Å². The minimum absolute atomic E-state index is 0. The Morgan fingerprint density at radius 3 is 0.397 bits per heavy atom. The molecule has 0 amide bonds. The average molecular weight is 1150 g/mol. The summed E-state index contributed by atoms with van der Waals surface area (Å²) in [5.74, 6) is 0. The van der Waals surface area contributed by atoms with Crippen LogP contribution in [0.25, 0.3) is 0 Å². The van der Waals surface area contributed by atoms with Gasteiger partial charge in [0.15, 0.2) is 0 Å². The Balaban J connectivity index is -0.00000132. The normalized spacial score (nSPS) is 11.1. The van der Waals surface area contributed by atoms with Gasteiger partial charge in [0, 0.05) is 26.2 Å². The van der Waals surface area contributed by atoms with Gasteiger partial charge < -0.3 is 59.5 Å². The average Bonchev–Trinajstić information content (AvgIpc) is 3.37. The van der Waals surface area contributed by atoms with Crippen LogP contribution in [0.3, 0.4) is 0 Å². The number of thiocarbonyl (C=S) groups is 2. The van der Waals surface area contributed by atoms with Gasteiger partial charge in [-0.15, -0.1) is 0 Å². The number of rotatable bonds is 60. The van der Waals surface area contributed by atoms with Crippen molar-refractivity contribution in [2.75, 3.05) is 26.2 Å². The van der Waals surface area contributed by atoms with Crippen molar-refractivity contribution < 1.29 is 17.1 Å². The van der Waals surface area contributed by atoms with Crippen LogP contribution in [-0.4, -0.2) is 44.6 Å². The molecule has 0 heterocycles. The molecule has 7 heteroatoms. The zero-order valence-electron chi connectivity index (χ0n) is 50.3. The molecule has 0 aromatic rings. The number of nitrogens with zero attached hydrogens (tertiary/aromatic N) is 2. The fourth-order valence-electron chi connectivity index (χ4n) is 10.6. The van der Waals surface area contributed by atoms with Gasteiger partial charge >= 0.3 is 17.1 Å². The quantitative estimate of drug-likeness (QED) is 0.0257. The summed E-state index contributed by atoms with van der Waals surface area (Å²) in [5, 5.41) is 0. The zero-order chi connectivity index (χ0) is 52.7. The minimum Gasteiger partial charge on any atom is -0.411 e. The second-order valence-corrected chi connectivity index (χ2v) is 25.0. The molecular weight excluding hydrogens is 1010 g/mol. The van der Waals surface area contributed by atoms with Crippen molar-refractivity contribution in [1.82, 2.24) is 9.80 Å². The van der Waals surface area contributed by atoms with Crippen LogP contribution >= 0.6 is 24.4 Å². The van der Waals surface area contributed by atoms with E-state index in [0.29, 0.717) is 8.64 Å². The van der Waals surface area contributed by atoms with E-state index < -0.39 is 0 Å². The van der Waals surface area contributed by atoms with Crippen molar-refractivity contribution in [3.05, 3.63) is 0 Å². The molecule has 441 valence electrons. The minimum atomic E-state index is 0. The molecule has 0 fully saturated rings. The Morgan fingerprint density at radius 2 is 0.301 bits per heavy atom. The summed E-state index contributed by atoms with van der Waals surface area (Å²) in [6.45, 7) is 13.5. The molecule has 0 spiro atoms. The topological polar surface area (TPSA) is 6.48 Å². The van der Waals surface area contributed by atoms with Gasteiger partial charge in [0.25, 0.3) is 0 Å². The van der Waals surface area contributed by atoms with Gasteiger partial charge in [-0.1, -0.05) is 370 Å². The van der Waals surface area contributed by atoms with Gasteiger partial charge in [0.05, 0.1) is 0 Å². The molecule has 0 rings (SSSR count). The van der Waals surface area contributed by atoms with E-state index in [-0.39, 0.29) is 17.1 Å². The predicted molar refractivity (Wildman–Crippen MR) is 344 cm³/mol. The molecule has 1 radical (unpaired) electrons. The Kier molecular flexibility index (Phi) is 75.6. The van der Waals surface area contributed by atoms with E-state index in [2.05, 4.69) is 37.5 Å². The maximum absolute atomic E-state index is 5.36. The monoisotopic (exact) mass is 1140 g/mol. The fraction of sp³-hybridized carbons (Fsp3) is 0.970. The standard InChI is InChI=1S/2C33H67NS2.Cu/c2*1-3-5-7-9-11-13-15-17-19-21-23-25-27-29-31-34(33(35)36)32-30-28-26-24-22-20-18-16-14-12-10-8-6-4-2;/h2*3-32H2,1-2H3,(H,35,36);/q;;+2/p-2. The summed E-state index contributed by atoms with van der Waals surface area (Å²) in [4.78, 5) is 4.59. The van der Waals surface area contributed by atoms with E-state index in [1.807, 2.05) is 0 Å².